The quantitative estimate of drug-likeness (QED) is 0.727. The zero-order valence-corrected chi connectivity index (χ0v) is 14.1. The van der Waals surface area contributed by atoms with Gasteiger partial charge in [-0.3, -0.25) is 4.79 Å². The Kier molecular flexibility index (Phi) is 6.82. The monoisotopic (exact) mass is 310 g/mol. The van der Waals surface area contributed by atoms with E-state index in [1.165, 1.54) is 5.56 Å². The van der Waals surface area contributed by atoms with Crippen LogP contribution in [-0.4, -0.2) is 19.0 Å². The van der Waals surface area contributed by atoms with Crippen LogP contribution in [0.2, 0.25) is 0 Å². The number of carbonyl (C=O) groups excluding carboxylic acids is 1. The molecule has 3 heteroatoms. The lowest BCUT2D eigenvalue weighted by atomic mass is 10.1. The first-order chi connectivity index (χ1) is 11.2. The van der Waals surface area contributed by atoms with E-state index < -0.39 is 0 Å². The molecule has 0 saturated heterocycles. The molecule has 0 atom stereocenters. The zero-order valence-electron chi connectivity index (χ0n) is 14.1. The molecule has 1 amide bonds. The minimum Gasteiger partial charge on any atom is -0.326 e. The van der Waals surface area contributed by atoms with E-state index in [4.69, 9.17) is 0 Å². The second-order valence-corrected chi connectivity index (χ2v) is 5.90. The topological polar surface area (TPSA) is 41.1 Å². The molecular weight excluding hydrogens is 284 g/mol. The van der Waals surface area contributed by atoms with Crippen molar-refractivity contribution in [1.29, 1.82) is 0 Å². The smallest absolute Gasteiger partial charge is 0.225 e. The number of hydrogen-bond acceptors (Lipinski definition) is 2. The van der Waals surface area contributed by atoms with Crippen molar-refractivity contribution in [3.63, 3.8) is 0 Å². The van der Waals surface area contributed by atoms with Gasteiger partial charge in [0.05, 0.1) is 0 Å². The Morgan fingerprint density at radius 1 is 0.913 bits per heavy atom. The van der Waals surface area contributed by atoms with Gasteiger partial charge in [-0.1, -0.05) is 48.5 Å². The molecule has 2 aromatic rings. The third kappa shape index (κ3) is 5.87. The molecule has 0 aliphatic carbocycles. The third-order valence-corrected chi connectivity index (χ3v) is 3.94. The molecule has 0 aromatic heterocycles. The lowest BCUT2D eigenvalue weighted by molar-refractivity contribution is -0.116. The van der Waals surface area contributed by atoms with Gasteiger partial charge in [0.1, 0.15) is 0 Å². The Hall–Kier alpha value is -2.13. The normalized spacial score (nSPS) is 10.5. The molecule has 0 saturated carbocycles. The first kappa shape index (κ1) is 17.2. The molecule has 0 radical (unpaired) electrons. The summed E-state index contributed by atoms with van der Waals surface area (Å²) in [6, 6.07) is 16.5. The predicted molar refractivity (Wildman–Crippen MR) is 96.8 cm³/mol. The molecule has 0 heterocycles. The minimum atomic E-state index is 0.0676. The van der Waals surface area contributed by atoms with Crippen molar-refractivity contribution < 1.29 is 4.79 Å². The van der Waals surface area contributed by atoms with Crippen LogP contribution in [-0.2, 0) is 11.2 Å². The van der Waals surface area contributed by atoms with Gasteiger partial charge >= 0.3 is 0 Å². The summed E-state index contributed by atoms with van der Waals surface area (Å²) in [6.07, 6.45) is 2.66. The molecule has 2 rings (SSSR count). The average Bonchev–Trinajstić information content (AvgIpc) is 2.55. The van der Waals surface area contributed by atoms with Crippen molar-refractivity contribution in [1.82, 2.24) is 5.32 Å². The van der Waals surface area contributed by atoms with Crippen molar-refractivity contribution in [2.24, 2.45) is 0 Å². The van der Waals surface area contributed by atoms with Gasteiger partial charge in [0.25, 0.3) is 0 Å². The van der Waals surface area contributed by atoms with Crippen LogP contribution >= 0.6 is 0 Å². The maximum Gasteiger partial charge on any atom is 0.225 e. The fraction of sp³-hybridized carbons (Fsp3) is 0.350. The molecule has 0 aliphatic heterocycles. The number of amides is 1. The number of hydrogen-bond donors (Lipinski definition) is 2. The first-order valence-electron chi connectivity index (χ1n) is 8.27. The van der Waals surface area contributed by atoms with Crippen LogP contribution in [0.5, 0.6) is 0 Å². The van der Waals surface area contributed by atoms with Crippen LogP contribution in [0.4, 0.5) is 5.69 Å². The fourth-order valence-corrected chi connectivity index (χ4v) is 2.60. The average molecular weight is 310 g/mol. The molecule has 0 unspecified atom stereocenters. The lowest BCUT2D eigenvalue weighted by Gasteiger charge is -2.11. The molecule has 0 aliphatic rings. The summed E-state index contributed by atoms with van der Waals surface area (Å²) in [7, 11) is 0. The molecular formula is C20H26N2O. The highest BCUT2D eigenvalue weighted by molar-refractivity contribution is 5.92. The van der Waals surface area contributed by atoms with Gasteiger partial charge in [-0.25, -0.2) is 0 Å². The highest BCUT2D eigenvalue weighted by Gasteiger charge is 2.06. The van der Waals surface area contributed by atoms with Crippen molar-refractivity contribution in [2.75, 3.05) is 18.4 Å². The minimum absolute atomic E-state index is 0.0676. The van der Waals surface area contributed by atoms with Gasteiger partial charge < -0.3 is 10.6 Å². The number of benzene rings is 2. The number of nitrogens with one attached hydrogen (secondary N) is 2. The third-order valence-electron chi connectivity index (χ3n) is 3.94. The SMILES string of the molecule is Cc1cccc(C)c1NC(=O)CCNCCCc1ccccc1. The van der Waals surface area contributed by atoms with Gasteiger partial charge in [0.15, 0.2) is 0 Å². The second kappa shape index (κ2) is 9.11. The summed E-state index contributed by atoms with van der Waals surface area (Å²) >= 11 is 0. The molecule has 0 bridgehead atoms. The Morgan fingerprint density at radius 2 is 1.61 bits per heavy atom. The van der Waals surface area contributed by atoms with Crippen molar-refractivity contribution in [3.8, 4) is 0 Å². The zero-order chi connectivity index (χ0) is 16.5. The lowest BCUT2D eigenvalue weighted by Crippen LogP contribution is -2.23. The van der Waals surface area contributed by atoms with E-state index >= 15 is 0 Å². The van der Waals surface area contributed by atoms with Crippen molar-refractivity contribution >= 4 is 11.6 Å². The Bertz CT molecular complexity index is 603. The largest absolute Gasteiger partial charge is 0.326 e. The summed E-state index contributed by atoms with van der Waals surface area (Å²) in [6.45, 7) is 5.69. The predicted octanol–water partition coefficient (Wildman–Crippen LogP) is 3.85. The van der Waals surface area contributed by atoms with Gasteiger partial charge in [-0.15, -0.1) is 0 Å². The molecule has 3 nitrogen and oxygen atoms in total. The number of rotatable bonds is 8. The van der Waals surface area contributed by atoms with Gasteiger partial charge in [-0.05, 0) is 49.9 Å². The Labute approximate surface area is 139 Å². The maximum absolute atomic E-state index is 12.0. The van der Waals surface area contributed by atoms with E-state index in [0.717, 1.165) is 36.2 Å². The molecule has 2 aromatic carbocycles. The van der Waals surface area contributed by atoms with Crippen LogP contribution in [0.15, 0.2) is 48.5 Å². The van der Waals surface area contributed by atoms with Crippen LogP contribution in [0, 0.1) is 13.8 Å². The van der Waals surface area contributed by atoms with Gasteiger partial charge in [-0.2, -0.15) is 0 Å². The number of anilines is 1. The maximum atomic E-state index is 12.0. The number of aryl methyl sites for hydroxylation is 3. The highest BCUT2D eigenvalue weighted by Crippen LogP contribution is 2.19. The Morgan fingerprint density at radius 3 is 2.30 bits per heavy atom. The van der Waals surface area contributed by atoms with Gasteiger partial charge in [0, 0.05) is 18.7 Å². The van der Waals surface area contributed by atoms with E-state index in [-0.39, 0.29) is 5.91 Å². The molecule has 0 spiro atoms. The van der Waals surface area contributed by atoms with Gasteiger partial charge in [0.2, 0.25) is 5.91 Å². The highest BCUT2D eigenvalue weighted by atomic mass is 16.1. The van der Waals surface area contributed by atoms with Crippen molar-refractivity contribution in [3.05, 3.63) is 65.2 Å². The van der Waals surface area contributed by atoms with E-state index in [1.807, 2.05) is 38.1 Å². The number of carbonyl (C=O) groups is 1. The van der Waals surface area contributed by atoms with Crippen LogP contribution in [0.25, 0.3) is 0 Å². The second-order valence-electron chi connectivity index (χ2n) is 5.90. The summed E-state index contributed by atoms with van der Waals surface area (Å²) in [5.41, 5.74) is 4.52. The summed E-state index contributed by atoms with van der Waals surface area (Å²) in [5, 5.41) is 6.36. The van der Waals surface area contributed by atoms with Crippen molar-refractivity contribution in [2.45, 2.75) is 33.1 Å². The molecule has 23 heavy (non-hydrogen) atoms. The molecule has 0 fully saturated rings. The summed E-state index contributed by atoms with van der Waals surface area (Å²) < 4.78 is 0. The van der Waals surface area contributed by atoms with E-state index in [0.29, 0.717) is 13.0 Å². The first-order valence-corrected chi connectivity index (χ1v) is 8.27. The van der Waals surface area contributed by atoms with Crippen LogP contribution in [0.1, 0.15) is 29.5 Å². The molecule has 2 N–H and O–H groups in total. The summed E-state index contributed by atoms with van der Waals surface area (Å²) in [4.78, 5) is 12.0. The van der Waals surface area contributed by atoms with E-state index in [9.17, 15) is 4.79 Å². The van der Waals surface area contributed by atoms with Crippen LogP contribution < -0.4 is 10.6 Å². The standard InChI is InChI=1S/C20H26N2O/c1-16-8-6-9-17(2)20(16)22-19(23)13-15-21-14-7-12-18-10-4-3-5-11-18/h3-6,8-11,21H,7,12-15H2,1-2H3,(H,22,23). The van der Waals surface area contributed by atoms with E-state index in [2.05, 4.69) is 34.9 Å². The summed E-state index contributed by atoms with van der Waals surface area (Å²) in [5.74, 6) is 0.0676. The molecule has 122 valence electrons. The fourth-order valence-electron chi connectivity index (χ4n) is 2.60. The van der Waals surface area contributed by atoms with E-state index in [1.54, 1.807) is 0 Å². The Balaban J connectivity index is 1.62. The van der Waals surface area contributed by atoms with Crippen LogP contribution in [0.3, 0.4) is 0 Å². The number of para-hydroxylation sites is 1.